The number of carbonyl (C=O) groups is 1. The number of nitrogens with zero attached hydrogens (tertiary/aromatic N) is 1. The van der Waals surface area contributed by atoms with Crippen LogP contribution in [0.4, 0.5) is 0 Å². The molecule has 1 aromatic carbocycles. The summed E-state index contributed by atoms with van der Waals surface area (Å²) in [5.74, 6) is 1.07. The number of hydrogen-bond acceptors (Lipinski definition) is 3. The highest BCUT2D eigenvalue weighted by molar-refractivity contribution is 6.31. The number of fused-ring (bicyclic) bond motifs is 3. The Hall–Kier alpha value is -1.26. The van der Waals surface area contributed by atoms with Gasteiger partial charge < -0.3 is 15.0 Å². The monoisotopic (exact) mass is 294 g/mol. The summed E-state index contributed by atoms with van der Waals surface area (Å²) in [6.07, 6.45) is 2.36. The summed E-state index contributed by atoms with van der Waals surface area (Å²) < 4.78 is 5.24. The number of halogens is 1. The van der Waals surface area contributed by atoms with Gasteiger partial charge in [0.05, 0.1) is 12.7 Å². The molecule has 1 N–H and O–H groups in total. The molecule has 0 saturated carbocycles. The van der Waals surface area contributed by atoms with E-state index in [0.717, 1.165) is 19.6 Å². The van der Waals surface area contributed by atoms with Gasteiger partial charge in [-0.05, 0) is 50.0 Å². The van der Waals surface area contributed by atoms with E-state index in [1.807, 2.05) is 0 Å². The fraction of sp³-hybridized carbons (Fsp3) is 0.533. The molecule has 0 unspecified atom stereocenters. The molecule has 4 rings (SSSR count). The standard InChI is InChI=1S/C15H19ClN2O2/c1-20-14-3-2-11(16)8-12(14)15(19)17-13-9-18-6-4-10(13)5-7-18/h2-3,8,10,13H,4-7,9H2,1H3,(H,17,19)/t13-/m1/s1. The first-order valence-electron chi connectivity index (χ1n) is 7.04. The van der Waals surface area contributed by atoms with Crippen molar-refractivity contribution in [3.8, 4) is 5.75 Å². The third-order valence-electron chi connectivity index (χ3n) is 4.38. The average Bonchev–Trinajstić information content (AvgIpc) is 2.48. The van der Waals surface area contributed by atoms with E-state index < -0.39 is 0 Å². The normalized spacial score (nSPS) is 28.2. The predicted molar refractivity (Wildman–Crippen MR) is 78.4 cm³/mol. The molecule has 20 heavy (non-hydrogen) atoms. The molecule has 0 aliphatic carbocycles. The van der Waals surface area contributed by atoms with Crippen LogP contribution in [0, 0.1) is 5.92 Å². The van der Waals surface area contributed by atoms with E-state index in [9.17, 15) is 4.79 Å². The lowest BCUT2D eigenvalue weighted by atomic mass is 9.84. The molecule has 0 radical (unpaired) electrons. The zero-order valence-corrected chi connectivity index (χ0v) is 12.3. The van der Waals surface area contributed by atoms with Crippen LogP contribution < -0.4 is 10.1 Å². The number of piperidine rings is 3. The van der Waals surface area contributed by atoms with E-state index >= 15 is 0 Å². The summed E-state index contributed by atoms with van der Waals surface area (Å²) in [5.41, 5.74) is 0.511. The lowest BCUT2D eigenvalue weighted by molar-refractivity contribution is 0.0619. The highest BCUT2D eigenvalue weighted by Crippen LogP contribution is 2.28. The lowest BCUT2D eigenvalue weighted by Gasteiger charge is -2.44. The summed E-state index contributed by atoms with van der Waals surface area (Å²) in [5, 5.41) is 3.70. The minimum atomic E-state index is -0.0944. The van der Waals surface area contributed by atoms with Crippen LogP contribution in [-0.2, 0) is 0 Å². The van der Waals surface area contributed by atoms with Gasteiger partial charge >= 0.3 is 0 Å². The Labute approximate surface area is 124 Å². The second-order valence-corrected chi connectivity index (χ2v) is 6.00. The lowest BCUT2D eigenvalue weighted by Crippen LogP contribution is -2.57. The van der Waals surface area contributed by atoms with Gasteiger partial charge in [0.2, 0.25) is 0 Å². The van der Waals surface area contributed by atoms with Crippen molar-refractivity contribution >= 4 is 17.5 Å². The van der Waals surface area contributed by atoms with Crippen LogP contribution in [0.1, 0.15) is 23.2 Å². The first kappa shape index (κ1) is 13.7. The Balaban J connectivity index is 1.75. The molecule has 2 bridgehead atoms. The van der Waals surface area contributed by atoms with Gasteiger partial charge in [-0.3, -0.25) is 4.79 Å². The minimum absolute atomic E-state index is 0.0944. The topological polar surface area (TPSA) is 41.6 Å². The summed E-state index contributed by atoms with van der Waals surface area (Å²) in [6, 6.07) is 5.37. The van der Waals surface area contributed by atoms with Gasteiger partial charge in [-0.2, -0.15) is 0 Å². The summed E-state index contributed by atoms with van der Waals surface area (Å²) in [6.45, 7) is 3.29. The van der Waals surface area contributed by atoms with Gasteiger partial charge in [-0.1, -0.05) is 11.6 Å². The van der Waals surface area contributed by atoms with Crippen molar-refractivity contribution in [2.75, 3.05) is 26.7 Å². The second kappa shape index (κ2) is 5.62. The minimum Gasteiger partial charge on any atom is -0.496 e. The zero-order chi connectivity index (χ0) is 14.1. The van der Waals surface area contributed by atoms with Crippen molar-refractivity contribution in [1.29, 1.82) is 0 Å². The first-order chi connectivity index (χ1) is 9.67. The summed E-state index contributed by atoms with van der Waals surface area (Å²) in [4.78, 5) is 14.9. The molecule has 3 saturated heterocycles. The van der Waals surface area contributed by atoms with Crippen LogP contribution in [0.2, 0.25) is 5.02 Å². The molecule has 0 aromatic heterocycles. The van der Waals surface area contributed by atoms with Crippen LogP contribution in [0.25, 0.3) is 0 Å². The number of methoxy groups -OCH3 is 1. The Morgan fingerprint density at radius 1 is 1.40 bits per heavy atom. The van der Waals surface area contributed by atoms with Crippen molar-refractivity contribution in [3.05, 3.63) is 28.8 Å². The molecule has 1 aromatic rings. The van der Waals surface area contributed by atoms with Crippen molar-refractivity contribution in [3.63, 3.8) is 0 Å². The van der Waals surface area contributed by atoms with Crippen LogP contribution in [-0.4, -0.2) is 43.6 Å². The number of amides is 1. The third kappa shape index (κ3) is 2.63. The van der Waals surface area contributed by atoms with Gasteiger partial charge in [0.1, 0.15) is 5.75 Å². The van der Waals surface area contributed by atoms with E-state index in [0.29, 0.717) is 22.3 Å². The molecular weight excluding hydrogens is 276 g/mol. The molecule has 0 spiro atoms. The van der Waals surface area contributed by atoms with Crippen molar-refractivity contribution in [2.24, 2.45) is 5.92 Å². The molecule has 1 atom stereocenters. The van der Waals surface area contributed by atoms with Gasteiger partial charge in [0.15, 0.2) is 0 Å². The van der Waals surface area contributed by atoms with Crippen LogP contribution in [0.3, 0.4) is 0 Å². The third-order valence-corrected chi connectivity index (χ3v) is 4.61. The molecular formula is C15H19ClN2O2. The van der Waals surface area contributed by atoms with Gasteiger partial charge in [0, 0.05) is 17.6 Å². The molecule has 1 amide bonds. The number of nitrogens with one attached hydrogen (secondary N) is 1. The Kier molecular flexibility index (Phi) is 3.85. The largest absolute Gasteiger partial charge is 0.496 e. The van der Waals surface area contributed by atoms with Crippen molar-refractivity contribution in [2.45, 2.75) is 18.9 Å². The maximum absolute atomic E-state index is 12.5. The predicted octanol–water partition coefficient (Wildman–Crippen LogP) is 2.17. The van der Waals surface area contributed by atoms with E-state index in [4.69, 9.17) is 16.3 Å². The van der Waals surface area contributed by atoms with Gasteiger partial charge in [-0.15, -0.1) is 0 Å². The highest BCUT2D eigenvalue weighted by atomic mass is 35.5. The summed E-state index contributed by atoms with van der Waals surface area (Å²) >= 11 is 5.98. The molecule has 3 heterocycles. The Morgan fingerprint density at radius 2 is 2.15 bits per heavy atom. The van der Waals surface area contributed by atoms with Gasteiger partial charge in [-0.25, -0.2) is 0 Å². The van der Waals surface area contributed by atoms with Crippen LogP contribution >= 0.6 is 11.6 Å². The molecule has 3 aliphatic rings. The van der Waals surface area contributed by atoms with E-state index in [1.54, 1.807) is 25.3 Å². The quantitative estimate of drug-likeness (QED) is 0.929. The van der Waals surface area contributed by atoms with Crippen LogP contribution in [0.15, 0.2) is 18.2 Å². The fourth-order valence-corrected chi connectivity index (χ4v) is 3.40. The van der Waals surface area contributed by atoms with E-state index in [-0.39, 0.29) is 11.9 Å². The Morgan fingerprint density at radius 3 is 2.75 bits per heavy atom. The molecule has 5 heteroatoms. The summed E-state index contributed by atoms with van der Waals surface area (Å²) in [7, 11) is 1.56. The molecule has 3 fully saturated rings. The van der Waals surface area contributed by atoms with Crippen molar-refractivity contribution < 1.29 is 9.53 Å². The second-order valence-electron chi connectivity index (χ2n) is 5.56. The number of rotatable bonds is 3. The van der Waals surface area contributed by atoms with Crippen molar-refractivity contribution in [1.82, 2.24) is 10.2 Å². The molecule has 4 nitrogen and oxygen atoms in total. The molecule has 3 aliphatic heterocycles. The number of hydrogen-bond donors (Lipinski definition) is 1. The maximum atomic E-state index is 12.5. The van der Waals surface area contributed by atoms with Gasteiger partial charge in [0.25, 0.3) is 5.91 Å². The highest BCUT2D eigenvalue weighted by Gasteiger charge is 2.35. The van der Waals surface area contributed by atoms with E-state index in [2.05, 4.69) is 10.2 Å². The smallest absolute Gasteiger partial charge is 0.255 e. The first-order valence-corrected chi connectivity index (χ1v) is 7.42. The average molecular weight is 295 g/mol. The number of ether oxygens (including phenoxy) is 1. The fourth-order valence-electron chi connectivity index (χ4n) is 3.23. The zero-order valence-electron chi connectivity index (χ0n) is 11.6. The molecule has 108 valence electrons. The Bertz CT molecular complexity index is 513. The van der Waals surface area contributed by atoms with E-state index in [1.165, 1.54) is 12.8 Å². The number of carbonyl (C=O) groups excluding carboxylic acids is 1. The maximum Gasteiger partial charge on any atom is 0.255 e. The number of benzene rings is 1. The SMILES string of the molecule is COc1ccc(Cl)cc1C(=O)N[C@@H]1CN2CCC1CC2. The van der Waals surface area contributed by atoms with Crippen LogP contribution in [0.5, 0.6) is 5.75 Å².